The molecule has 0 unspecified atom stereocenters. The van der Waals surface area contributed by atoms with E-state index in [1.54, 1.807) is 43.6 Å². The summed E-state index contributed by atoms with van der Waals surface area (Å²) in [6.45, 7) is 2.45. The summed E-state index contributed by atoms with van der Waals surface area (Å²) in [5.41, 5.74) is 3.56. The molecule has 0 aliphatic carbocycles. The van der Waals surface area contributed by atoms with Gasteiger partial charge >= 0.3 is 0 Å². The molecule has 0 saturated heterocycles. The first-order valence-electron chi connectivity index (χ1n) is 8.45. The van der Waals surface area contributed by atoms with Gasteiger partial charge in [0.05, 0.1) is 12.8 Å². The van der Waals surface area contributed by atoms with Crippen LogP contribution in [0.1, 0.15) is 21.6 Å². The second-order valence-corrected chi connectivity index (χ2v) is 6.07. The lowest BCUT2D eigenvalue weighted by atomic mass is 10.2. The van der Waals surface area contributed by atoms with E-state index in [1.165, 1.54) is 12.1 Å². The lowest BCUT2D eigenvalue weighted by Crippen LogP contribution is -2.15. The van der Waals surface area contributed by atoms with Crippen LogP contribution in [0.5, 0.6) is 5.75 Å². The first kappa shape index (κ1) is 18.4. The van der Waals surface area contributed by atoms with Crippen LogP contribution in [-0.4, -0.2) is 18.0 Å². The van der Waals surface area contributed by atoms with Gasteiger partial charge in [0.25, 0.3) is 5.91 Å². The number of anilines is 2. The number of amides is 1. The minimum Gasteiger partial charge on any atom is -0.495 e. The third-order valence-corrected chi connectivity index (χ3v) is 4.01. The molecule has 0 spiro atoms. The summed E-state index contributed by atoms with van der Waals surface area (Å²) in [6.07, 6.45) is 1.56. The second kappa shape index (κ2) is 8.31. The maximum Gasteiger partial charge on any atom is 0.274 e. The number of rotatable bonds is 6. The van der Waals surface area contributed by atoms with E-state index in [2.05, 4.69) is 15.6 Å². The highest BCUT2D eigenvalue weighted by Crippen LogP contribution is 2.25. The SMILES string of the molecule is COc1ccc(C)cc1NC(=O)c1cc(NCc2ccc(F)cc2)ccn1. The van der Waals surface area contributed by atoms with Crippen LogP contribution in [0.3, 0.4) is 0 Å². The fraction of sp³-hybridized carbons (Fsp3) is 0.143. The number of nitrogens with one attached hydrogen (secondary N) is 2. The largest absolute Gasteiger partial charge is 0.495 e. The highest BCUT2D eigenvalue weighted by atomic mass is 19.1. The van der Waals surface area contributed by atoms with Crippen molar-refractivity contribution >= 4 is 17.3 Å². The average molecular weight is 365 g/mol. The number of halogens is 1. The predicted octanol–water partition coefficient (Wildman–Crippen LogP) is 4.40. The van der Waals surface area contributed by atoms with Gasteiger partial charge in [-0.15, -0.1) is 0 Å². The number of carbonyl (C=O) groups is 1. The molecule has 138 valence electrons. The Kier molecular flexibility index (Phi) is 5.66. The molecule has 2 aromatic carbocycles. The molecule has 2 N–H and O–H groups in total. The monoisotopic (exact) mass is 365 g/mol. The fourth-order valence-corrected chi connectivity index (χ4v) is 2.58. The van der Waals surface area contributed by atoms with Crippen molar-refractivity contribution in [2.75, 3.05) is 17.7 Å². The molecule has 0 bridgehead atoms. The topological polar surface area (TPSA) is 63.2 Å². The van der Waals surface area contributed by atoms with Gasteiger partial charge in [-0.2, -0.15) is 0 Å². The van der Waals surface area contributed by atoms with Crippen molar-refractivity contribution in [3.63, 3.8) is 0 Å². The van der Waals surface area contributed by atoms with E-state index in [0.29, 0.717) is 18.0 Å². The minimum atomic E-state index is -0.329. The maximum absolute atomic E-state index is 13.0. The molecule has 1 heterocycles. The molecule has 0 aliphatic rings. The highest BCUT2D eigenvalue weighted by molar-refractivity contribution is 6.04. The normalized spacial score (nSPS) is 10.3. The zero-order valence-corrected chi connectivity index (χ0v) is 15.1. The second-order valence-electron chi connectivity index (χ2n) is 6.07. The number of carbonyl (C=O) groups excluding carboxylic acids is 1. The molecule has 0 aliphatic heterocycles. The Bertz CT molecular complexity index is 942. The Hall–Kier alpha value is -3.41. The Morgan fingerprint density at radius 2 is 1.89 bits per heavy atom. The van der Waals surface area contributed by atoms with Crippen LogP contribution < -0.4 is 15.4 Å². The van der Waals surface area contributed by atoms with Crippen molar-refractivity contribution in [2.45, 2.75) is 13.5 Å². The van der Waals surface area contributed by atoms with Crippen LogP contribution in [0.15, 0.2) is 60.8 Å². The lowest BCUT2D eigenvalue weighted by molar-refractivity contribution is 0.102. The van der Waals surface area contributed by atoms with Crippen molar-refractivity contribution < 1.29 is 13.9 Å². The van der Waals surface area contributed by atoms with E-state index in [4.69, 9.17) is 4.74 Å². The Labute approximate surface area is 157 Å². The number of pyridine rings is 1. The number of hydrogen-bond acceptors (Lipinski definition) is 4. The summed E-state index contributed by atoms with van der Waals surface area (Å²) in [7, 11) is 1.55. The quantitative estimate of drug-likeness (QED) is 0.679. The van der Waals surface area contributed by atoms with E-state index in [9.17, 15) is 9.18 Å². The zero-order chi connectivity index (χ0) is 19.2. The maximum atomic E-state index is 13.0. The standard InChI is InChI=1S/C21H20FN3O2/c1-14-3-8-20(27-2)18(11-14)25-21(26)19-12-17(9-10-23-19)24-13-15-4-6-16(22)7-5-15/h3-12H,13H2,1-2H3,(H,23,24)(H,25,26). The molecule has 3 rings (SSSR count). The smallest absolute Gasteiger partial charge is 0.274 e. The summed E-state index contributed by atoms with van der Waals surface area (Å²) in [5.74, 6) is -0.0166. The van der Waals surface area contributed by atoms with Crippen LogP contribution in [0, 0.1) is 12.7 Å². The van der Waals surface area contributed by atoms with Crippen molar-refractivity contribution in [1.82, 2.24) is 4.98 Å². The van der Waals surface area contributed by atoms with Gasteiger partial charge in [0.1, 0.15) is 17.3 Å². The van der Waals surface area contributed by atoms with Gasteiger partial charge in [-0.05, 0) is 54.4 Å². The molecule has 0 fully saturated rings. The Morgan fingerprint density at radius 1 is 1.11 bits per heavy atom. The molecule has 27 heavy (non-hydrogen) atoms. The van der Waals surface area contributed by atoms with E-state index in [-0.39, 0.29) is 17.4 Å². The van der Waals surface area contributed by atoms with Gasteiger partial charge in [-0.25, -0.2) is 4.39 Å². The Morgan fingerprint density at radius 3 is 2.63 bits per heavy atom. The molecule has 5 nitrogen and oxygen atoms in total. The number of methoxy groups -OCH3 is 1. The zero-order valence-electron chi connectivity index (χ0n) is 15.1. The molecule has 0 atom stereocenters. The van der Waals surface area contributed by atoms with Crippen LogP contribution in [0.2, 0.25) is 0 Å². The van der Waals surface area contributed by atoms with Crippen molar-refractivity contribution in [2.24, 2.45) is 0 Å². The predicted molar refractivity (Wildman–Crippen MR) is 104 cm³/mol. The number of benzene rings is 2. The first-order valence-corrected chi connectivity index (χ1v) is 8.45. The Balaban J connectivity index is 1.70. The van der Waals surface area contributed by atoms with Crippen molar-refractivity contribution in [3.05, 3.63) is 83.4 Å². The highest BCUT2D eigenvalue weighted by Gasteiger charge is 2.12. The third-order valence-electron chi connectivity index (χ3n) is 4.01. The number of aryl methyl sites for hydroxylation is 1. The number of aromatic nitrogens is 1. The number of hydrogen-bond donors (Lipinski definition) is 2. The molecule has 1 aromatic heterocycles. The average Bonchev–Trinajstić information content (AvgIpc) is 2.68. The molecular weight excluding hydrogens is 345 g/mol. The van der Waals surface area contributed by atoms with Crippen molar-refractivity contribution in [3.8, 4) is 5.75 Å². The fourth-order valence-electron chi connectivity index (χ4n) is 2.58. The van der Waals surface area contributed by atoms with Gasteiger partial charge in [-0.3, -0.25) is 9.78 Å². The van der Waals surface area contributed by atoms with E-state index in [1.807, 2.05) is 19.1 Å². The van der Waals surface area contributed by atoms with E-state index < -0.39 is 0 Å². The van der Waals surface area contributed by atoms with Crippen LogP contribution in [-0.2, 0) is 6.54 Å². The molecule has 6 heteroatoms. The first-order chi connectivity index (χ1) is 13.0. The van der Waals surface area contributed by atoms with Crippen molar-refractivity contribution in [1.29, 1.82) is 0 Å². The van der Waals surface area contributed by atoms with Gasteiger partial charge in [0.2, 0.25) is 0 Å². The van der Waals surface area contributed by atoms with Gasteiger partial charge < -0.3 is 15.4 Å². The molecular formula is C21H20FN3O2. The summed E-state index contributed by atoms with van der Waals surface area (Å²) in [5, 5.41) is 6.03. The van der Waals surface area contributed by atoms with E-state index in [0.717, 1.165) is 16.8 Å². The van der Waals surface area contributed by atoms with E-state index >= 15 is 0 Å². The number of nitrogens with zero attached hydrogens (tertiary/aromatic N) is 1. The van der Waals surface area contributed by atoms with Gasteiger partial charge in [0, 0.05) is 18.4 Å². The van der Waals surface area contributed by atoms with Crippen LogP contribution in [0.25, 0.3) is 0 Å². The third kappa shape index (κ3) is 4.82. The molecule has 0 saturated carbocycles. The molecule has 3 aromatic rings. The number of ether oxygens (including phenoxy) is 1. The molecule has 0 radical (unpaired) electrons. The van der Waals surface area contributed by atoms with Crippen LogP contribution in [0.4, 0.5) is 15.8 Å². The minimum absolute atomic E-state index is 0.270. The molecule has 1 amide bonds. The summed E-state index contributed by atoms with van der Waals surface area (Å²) in [4.78, 5) is 16.7. The summed E-state index contributed by atoms with van der Waals surface area (Å²) < 4.78 is 18.3. The summed E-state index contributed by atoms with van der Waals surface area (Å²) >= 11 is 0. The van der Waals surface area contributed by atoms with Gasteiger partial charge in [-0.1, -0.05) is 18.2 Å². The lowest BCUT2D eigenvalue weighted by Gasteiger charge is -2.12. The summed E-state index contributed by atoms with van der Waals surface area (Å²) in [6, 6.07) is 15.2. The van der Waals surface area contributed by atoms with Gasteiger partial charge in [0.15, 0.2) is 0 Å². The van der Waals surface area contributed by atoms with Crippen LogP contribution >= 0.6 is 0 Å².